The van der Waals surface area contributed by atoms with Crippen molar-refractivity contribution in [1.82, 2.24) is 15.2 Å². The number of anilines is 1. The Labute approximate surface area is 222 Å². The lowest BCUT2D eigenvalue weighted by Gasteiger charge is -2.15. The van der Waals surface area contributed by atoms with Crippen LogP contribution >= 0.6 is 0 Å². The molecule has 0 radical (unpaired) electrons. The number of nitrogens with zero attached hydrogens (tertiary/aromatic N) is 1. The second kappa shape index (κ2) is 10.6. The van der Waals surface area contributed by atoms with Crippen molar-refractivity contribution in [2.24, 2.45) is 0 Å². The van der Waals surface area contributed by atoms with Crippen molar-refractivity contribution in [3.63, 3.8) is 0 Å². The zero-order valence-electron chi connectivity index (χ0n) is 21.5. The van der Waals surface area contributed by atoms with Gasteiger partial charge in [0.1, 0.15) is 5.82 Å². The minimum Gasteiger partial charge on any atom is -0.358 e. The van der Waals surface area contributed by atoms with E-state index in [1.807, 2.05) is 24.3 Å². The second-order valence-corrected chi connectivity index (χ2v) is 10.5. The van der Waals surface area contributed by atoms with E-state index < -0.39 is 0 Å². The van der Waals surface area contributed by atoms with E-state index in [1.165, 1.54) is 25.0 Å². The van der Waals surface area contributed by atoms with Crippen LogP contribution in [-0.2, 0) is 17.6 Å². The predicted molar refractivity (Wildman–Crippen MR) is 148 cm³/mol. The van der Waals surface area contributed by atoms with Gasteiger partial charge in [-0.25, -0.2) is 4.39 Å². The molecule has 1 aromatic heterocycles. The molecule has 0 saturated carbocycles. The van der Waals surface area contributed by atoms with Gasteiger partial charge in [-0.2, -0.15) is 0 Å². The van der Waals surface area contributed by atoms with Crippen molar-refractivity contribution >= 4 is 29.2 Å². The number of carbonyl (C=O) groups is 2. The number of likely N-dealkylation sites (tertiary alicyclic amines) is 1. The highest BCUT2D eigenvalue weighted by molar-refractivity contribution is 6.36. The molecule has 196 valence electrons. The van der Waals surface area contributed by atoms with Gasteiger partial charge in [0.05, 0.1) is 16.8 Å². The van der Waals surface area contributed by atoms with Crippen LogP contribution in [0.25, 0.3) is 22.8 Å². The van der Waals surface area contributed by atoms with Crippen LogP contribution in [0.1, 0.15) is 65.0 Å². The van der Waals surface area contributed by atoms with Crippen LogP contribution in [0, 0.1) is 5.82 Å². The number of rotatable bonds is 7. The Hall–Kier alpha value is -3.71. The molecule has 3 heterocycles. The van der Waals surface area contributed by atoms with Crippen LogP contribution in [0.5, 0.6) is 0 Å². The number of benzene rings is 2. The normalized spacial score (nSPS) is 17.9. The Morgan fingerprint density at radius 3 is 2.71 bits per heavy atom. The first-order chi connectivity index (χ1) is 18.6. The first kappa shape index (κ1) is 24.6. The van der Waals surface area contributed by atoms with Crippen molar-refractivity contribution in [1.29, 1.82) is 0 Å². The maximum Gasteiger partial charge on any atom is 0.256 e. The Kier molecular flexibility index (Phi) is 6.85. The fourth-order valence-corrected chi connectivity index (χ4v) is 6.10. The lowest BCUT2D eigenvalue weighted by molar-refractivity contribution is -0.110. The maximum absolute atomic E-state index is 14.1. The molecule has 2 aliphatic heterocycles. The molecule has 0 unspecified atom stereocenters. The molecule has 0 bridgehead atoms. The summed E-state index contributed by atoms with van der Waals surface area (Å²) in [7, 11) is 0. The van der Waals surface area contributed by atoms with Crippen LogP contribution in [0.4, 0.5) is 10.1 Å². The van der Waals surface area contributed by atoms with Gasteiger partial charge in [-0.05, 0) is 106 Å². The number of aryl methyl sites for hydroxylation is 1. The maximum atomic E-state index is 14.1. The average Bonchev–Trinajstić information content (AvgIpc) is 3.64. The van der Waals surface area contributed by atoms with E-state index in [1.54, 1.807) is 12.1 Å². The summed E-state index contributed by atoms with van der Waals surface area (Å²) >= 11 is 0. The molecule has 3 aromatic rings. The van der Waals surface area contributed by atoms with Crippen LogP contribution in [-0.4, -0.2) is 47.9 Å². The minimum atomic E-state index is -0.330. The summed E-state index contributed by atoms with van der Waals surface area (Å²) in [5.41, 5.74) is 6.83. The van der Waals surface area contributed by atoms with E-state index in [9.17, 15) is 14.0 Å². The highest BCUT2D eigenvalue weighted by atomic mass is 19.1. The number of nitrogens with one attached hydrogen (secondary N) is 3. The number of hydrogen-bond acceptors (Lipinski definition) is 3. The van der Waals surface area contributed by atoms with Gasteiger partial charge in [0.25, 0.3) is 11.8 Å². The molecule has 7 heteroatoms. The molecular formula is C31H33FN4O2. The Morgan fingerprint density at radius 2 is 1.87 bits per heavy atom. The van der Waals surface area contributed by atoms with Gasteiger partial charge < -0.3 is 20.5 Å². The number of halogens is 1. The Morgan fingerprint density at radius 1 is 1.05 bits per heavy atom. The molecule has 38 heavy (non-hydrogen) atoms. The fraction of sp³-hybridized carbons (Fsp3) is 0.355. The SMILES string of the molecule is O=C1Nc2cccc(-c3cccc(F)c3)c2C1=Cc1[nH]c2c(c1C(=O)NCCCN1CCCC1)CCCC2. The molecular weight excluding hydrogens is 479 g/mol. The number of aromatic amines is 1. The third kappa shape index (κ3) is 4.78. The topological polar surface area (TPSA) is 77.2 Å². The summed E-state index contributed by atoms with van der Waals surface area (Å²) in [6.45, 7) is 3.93. The van der Waals surface area contributed by atoms with E-state index in [0.717, 1.165) is 74.1 Å². The van der Waals surface area contributed by atoms with Gasteiger partial charge in [0, 0.05) is 23.5 Å². The smallest absolute Gasteiger partial charge is 0.256 e. The second-order valence-electron chi connectivity index (χ2n) is 10.5. The molecule has 1 aliphatic carbocycles. The highest BCUT2D eigenvalue weighted by Crippen LogP contribution is 2.41. The fourth-order valence-electron chi connectivity index (χ4n) is 6.10. The lowest BCUT2D eigenvalue weighted by Crippen LogP contribution is -2.29. The summed E-state index contributed by atoms with van der Waals surface area (Å²) in [5, 5.41) is 6.09. The standard InChI is InChI=1S/C31H33FN4O2/c32-21-9-5-8-20(18-21)22-11-6-13-26-28(22)24(30(37)35-26)19-27-29(23-10-1-2-12-25(23)34-27)31(38)33-14-7-17-36-15-3-4-16-36/h5-6,8-9,11,13,18-19,34H,1-4,7,10,12,14-17H2,(H,33,38)(H,35,37). The monoisotopic (exact) mass is 512 g/mol. The largest absolute Gasteiger partial charge is 0.358 e. The Balaban J connectivity index is 1.34. The number of amides is 2. The number of aromatic nitrogens is 1. The van der Waals surface area contributed by atoms with Crippen molar-refractivity contribution in [2.45, 2.75) is 44.9 Å². The first-order valence-electron chi connectivity index (χ1n) is 13.7. The molecule has 1 saturated heterocycles. The van der Waals surface area contributed by atoms with E-state index in [-0.39, 0.29) is 17.6 Å². The van der Waals surface area contributed by atoms with Crippen LogP contribution in [0.15, 0.2) is 42.5 Å². The third-order valence-corrected chi connectivity index (χ3v) is 7.94. The van der Waals surface area contributed by atoms with Gasteiger partial charge in [-0.3, -0.25) is 9.59 Å². The third-order valence-electron chi connectivity index (χ3n) is 7.94. The summed E-state index contributed by atoms with van der Waals surface area (Å²) in [4.78, 5) is 32.6. The first-order valence-corrected chi connectivity index (χ1v) is 13.7. The van der Waals surface area contributed by atoms with E-state index in [0.29, 0.717) is 34.6 Å². The van der Waals surface area contributed by atoms with Crippen LogP contribution in [0.3, 0.4) is 0 Å². The molecule has 2 amide bonds. The van der Waals surface area contributed by atoms with E-state index in [2.05, 4.69) is 20.5 Å². The predicted octanol–water partition coefficient (Wildman–Crippen LogP) is 5.41. The van der Waals surface area contributed by atoms with Gasteiger partial charge in [-0.15, -0.1) is 0 Å². The summed E-state index contributed by atoms with van der Waals surface area (Å²) in [6, 6.07) is 12.0. The number of H-pyrrole nitrogens is 1. The Bertz CT molecular complexity index is 1420. The number of hydrogen-bond donors (Lipinski definition) is 3. The summed E-state index contributed by atoms with van der Waals surface area (Å²) in [5.74, 6) is -0.647. The van der Waals surface area contributed by atoms with Crippen LogP contribution < -0.4 is 10.6 Å². The molecule has 6 rings (SSSR count). The van der Waals surface area contributed by atoms with Gasteiger partial charge in [0.2, 0.25) is 0 Å². The van der Waals surface area contributed by atoms with Gasteiger partial charge in [-0.1, -0.05) is 24.3 Å². The zero-order chi connectivity index (χ0) is 26.1. The number of carbonyl (C=O) groups excluding carboxylic acids is 2. The highest BCUT2D eigenvalue weighted by Gasteiger charge is 2.30. The van der Waals surface area contributed by atoms with E-state index >= 15 is 0 Å². The van der Waals surface area contributed by atoms with Crippen LogP contribution in [0.2, 0.25) is 0 Å². The lowest BCUT2D eigenvalue weighted by atomic mass is 9.92. The van der Waals surface area contributed by atoms with Gasteiger partial charge >= 0.3 is 0 Å². The molecule has 3 aliphatic rings. The van der Waals surface area contributed by atoms with Crippen molar-refractivity contribution in [3.05, 3.63) is 76.4 Å². The molecule has 3 N–H and O–H groups in total. The van der Waals surface area contributed by atoms with Crippen molar-refractivity contribution < 1.29 is 14.0 Å². The quantitative estimate of drug-likeness (QED) is 0.293. The zero-order valence-corrected chi connectivity index (χ0v) is 21.5. The molecule has 2 aromatic carbocycles. The summed E-state index contributed by atoms with van der Waals surface area (Å²) < 4.78 is 14.1. The molecule has 0 spiro atoms. The number of fused-ring (bicyclic) bond motifs is 2. The average molecular weight is 513 g/mol. The van der Waals surface area contributed by atoms with Crippen molar-refractivity contribution in [2.75, 3.05) is 31.5 Å². The molecule has 0 atom stereocenters. The molecule has 1 fully saturated rings. The van der Waals surface area contributed by atoms with Crippen molar-refractivity contribution in [3.8, 4) is 11.1 Å². The minimum absolute atomic E-state index is 0.0882. The van der Waals surface area contributed by atoms with E-state index in [4.69, 9.17) is 0 Å². The molecule has 6 nitrogen and oxygen atoms in total. The van der Waals surface area contributed by atoms with Gasteiger partial charge in [0.15, 0.2) is 0 Å². The summed E-state index contributed by atoms with van der Waals surface area (Å²) in [6.07, 6.45) is 9.11.